The second kappa shape index (κ2) is 7.48. The highest BCUT2D eigenvalue weighted by Crippen LogP contribution is 2.24. The third-order valence-electron chi connectivity index (χ3n) is 3.49. The Morgan fingerprint density at radius 3 is 2.74 bits per heavy atom. The lowest BCUT2D eigenvalue weighted by Gasteiger charge is -2.27. The van der Waals surface area contributed by atoms with E-state index in [1.54, 1.807) is 7.11 Å². The van der Waals surface area contributed by atoms with Crippen molar-refractivity contribution in [2.75, 3.05) is 20.2 Å². The number of carbonyl (C=O) groups is 1. The van der Waals surface area contributed by atoms with Crippen molar-refractivity contribution in [3.63, 3.8) is 0 Å². The van der Waals surface area contributed by atoms with E-state index in [2.05, 4.69) is 0 Å². The van der Waals surface area contributed by atoms with Crippen LogP contribution in [-0.4, -0.2) is 37.0 Å². The summed E-state index contributed by atoms with van der Waals surface area (Å²) in [6.07, 6.45) is 1.50. The van der Waals surface area contributed by atoms with E-state index >= 15 is 0 Å². The average molecular weight is 285 g/mol. The van der Waals surface area contributed by atoms with Gasteiger partial charge < -0.3 is 15.4 Å². The number of nitrogens with zero attached hydrogens (tertiary/aromatic N) is 1. The summed E-state index contributed by atoms with van der Waals surface area (Å²) in [7, 11) is 1.57. The number of ether oxygens (including phenoxy) is 1. The molecule has 2 unspecified atom stereocenters. The van der Waals surface area contributed by atoms with Crippen LogP contribution in [0.3, 0.4) is 0 Å². The monoisotopic (exact) mass is 284 g/mol. The second-order valence-corrected chi connectivity index (χ2v) is 4.59. The molecule has 0 aliphatic carbocycles. The van der Waals surface area contributed by atoms with Crippen molar-refractivity contribution in [2.45, 2.75) is 25.0 Å². The summed E-state index contributed by atoms with van der Waals surface area (Å²) in [5, 5.41) is 0. The number of amides is 1. The fourth-order valence-corrected chi connectivity index (χ4v) is 2.53. The van der Waals surface area contributed by atoms with E-state index in [-0.39, 0.29) is 24.4 Å². The lowest BCUT2D eigenvalue weighted by Crippen LogP contribution is -2.42. The van der Waals surface area contributed by atoms with Gasteiger partial charge in [-0.2, -0.15) is 0 Å². The standard InChI is InChI=1S/C14H20N2O2.ClH/c1-18-13(11-6-3-2-4-7-11)14(17)16-9-5-8-12(16)10-15;/h2-4,6-7,12-13H,5,8-10,15H2,1H3;1H. The van der Waals surface area contributed by atoms with Gasteiger partial charge in [0, 0.05) is 26.2 Å². The van der Waals surface area contributed by atoms with Gasteiger partial charge in [-0.1, -0.05) is 30.3 Å². The second-order valence-electron chi connectivity index (χ2n) is 4.59. The van der Waals surface area contributed by atoms with E-state index in [4.69, 9.17) is 10.5 Å². The van der Waals surface area contributed by atoms with Gasteiger partial charge in [0.25, 0.3) is 5.91 Å². The summed E-state index contributed by atoms with van der Waals surface area (Å²) < 4.78 is 5.37. The molecule has 0 saturated carbocycles. The number of hydrogen-bond acceptors (Lipinski definition) is 3. The lowest BCUT2D eigenvalue weighted by molar-refractivity contribution is -0.143. The quantitative estimate of drug-likeness (QED) is 0.916. The first-order valence-corrected chi connectivity index (χ1v) is 6.36. The smallest absolute Gasteiger partial charge is 0.256 e. The van der Waals surface area contributed by atoms with Gasteiger partial charge in [-0.15, -0.1) is 12.4 Å². The topological polar surface area (TPSA) is 55.6 Å². The molecule has 1 fully saturated rings. The minimum atomic E-state index is -0.515. The van der Waals surface area contributed by atoms with E-state index in [0.717, 1.165) is 24.9 Å². The largest absolute Gasteiger partial charge is 0.367 e. The molecular formula is C14H21ClN2O2. The Morgan fingerprint density at radius 1 is 1.47 bits per heavy atom. The average Bonchev–Trinajstić information content (AvgIpc) is 2.89. The molecule has 0 spiro atoms. The Morgan fingerprint density at radius 2 is 2.16 bits per heavy atom. The number of carbonyl (C=O) groups excluding carboxylic acids is 1. The van der Waals surface area contributed by atoms with Gasteiger partial charge in [0.1, 0.15) is 0 Å². The maximum absolute atomic E-state index is 12.5. The molecule has 2 atom stereocenters. The highest BCUT2D eigenvalue weighted by molar-refractivity contribution is 5.85. The van der Waals surface area contributed by atoms with E-state index < -0.39 is 6.10 Å². The van der Waals surface area contributed by atoms with Crippen LogP contribution in [0.1, 0.15) is 24.5 Å². The molecular weight excluding hydrogens is 264 g/mol. The van der Waals surface area contributed by atoms with Gasteiger partial charge in [0.2, 0.25) is 0 Å². The SMILES string of the molecule is COC(C(=O)N1CCCC1CN)c1ccccc1.Cl. The summed E-state index contributed by atoms with van der Waals surface area (Å²) in [6, 6.07) is 9.76. The summed E-state index contributed by atoms with van der Waals surface area (Å²) in [6.45, 7) is 1.31. The fraction of sp³-hybridized carbons (Fsp3) is 0.500. The van der Waals surface area contributed by atoms with E-state index in [0.29, 0.717) is 6.54 Å². The molecule has 5 heteroatoms. The first kappa shape index (κ1) is 16.0. The van der Waals surface area contributed by atoms with Crippen LogP contribution in [0.15, 0.2) is 30.3 Å². The number of hydrogen-bond donors (Lipinski definition) is 1. The van der Waals surface area contributed by atoms with Crippen LogP contribution in [0.25, 0.3) is 0 Å². The Balaban J connectivity index is 0.00000180. The Kier molecular flexibility index (Phi) is 6.28. The summed E-state index contributed by atoms with van der Waals surface area (Å²) in [5.74, 6) is 0.0247. The first-order chi connectivity index (χ1) is 8.77. The van der Waals surface area contributed by atoms with Crippen LogP contribution >= 0.6 is 12.4 Å². The molecule has 0 bridgehead atoms. The predicted molar refractivity (Wildman–Crippen MR) is 77.2 cm³/mol. The zero-order chi connectivity index (χ0) is 13.0. The molecule has 1 amide bonds. The zero-order valence-electron chi connectivity index (χ0n) is 11.1. The summed E-state index contributed by atoms with van der Waals surface area (Å²) >= 11 is 0. The van der Waals surface area contributed by atoms with Crippen molar-refractivity contribution in [2.24, 2.45) is 5.73 Å². The lowest BCUT2D eigenvalue weighted by atomic mass is 10.1. The van der Waals surface area contributed by atoms with Crippen LogP contribution < -0.4 is 5.73 Å². The molecule has 2 N–H and O–H groups in total. The molecule has 1 aliphatic heterocycles. The summed E-state index contributed by atoms with van der Waals surface area (Å²) in [4.78, 5) is 14.4. The summed E-state index contributed by atoms with van der Waals surface area (Å²) in [5.41, 5.74) is 6.60. The molecule has 1 aromatic rings. The van der Waals surface area contributed by atoms with Crippen molar-refractivity contribution in [1.29, 1.82) is 0 Å². The van der Waals surface area contributed by atoms with Gasteiger partial charge in [0.05, 0.1) is 0 Å². The van der Waals surface area contributed by atoms with Crippen molar-refractivity contribution in [1.82, 2.24) is 4.90 Å². The van der Waals surface area contributed by atoms with Crippen molar-refractivity contribution < 1.29 is 9.53 Å². The van der Waals surface area contributed by atoms with Gasteiger partial charge in [-0.25, -0.2) is 0 Å². The van der Waals surface area contributed by atoms with E-state index in [9.17, 15) is 4.79 Å². The number of rotatable bonds is 4. The molecule has 106 valence electrons. The molecule has 19 heavy (non-hydrogen) atoms. The van der Waals surface area contributed by atoms with E-state index in [1.165, 1.54) is 0 Å². The fourth-order valence-electron chi connectivity index (χ4n) is 2.53. The number of likely N-dealkylation sites (tertiary alicyclic amines) is 1. The third-order valence-corrected chi connectivity index (χ3v) is 3.49. The highest BCUT2D eigenvalue weighted by atomic mass is 35.5. The molecule has 4 nitrogen and oxygen atoms in total. The van der Waals surface area contributed by atoms with Gasteiger partial charge in [-0.05, 0) is 18.4 Å². The minimum Gasteiger partial charge on any atom is -0.367 e. The minimum absolute atomic E-state index is 0. The molecule has 0 radical (unpaired) electrons. The first-order valence-electron chi connectivity index (χ1n) is 6.36. The van der Waals surface area contributed by atoms with Crippen molar-refractivity contribution in [3.8, 4) is 0 Å². The van der Waals surface area contributed by atoms with Crippen molar-refractivity contribution in [3.05, 3.63) is 35.9 Å². The van der Waals surface area contributed by atoms with Gasteiger partial charge in [0.15, 0.2) is 6.10 Å². The van der Waals surface area contributed by atoms with E-state index in [1.807, 2.05) is 35.2 Å². The maximum atomic E-state index is 12.5. The molecule has 1 aromatic carbocycles. The molecule has 1 heterocycles. The Labute approximate surface area is 120 Å². The number of methoxy groups -OCH3 is 1. The number of halogens is 1. The van der Waals surface area contributed by atoms with Gasteiger partial charge >= 0.3 is 0 Å². The Bertz CT molecular complexity index is 400. The van der Waals surface area contributed by atoms with Gasteiger partial charge in [-0.3, -0.25) is 4.79 Å². The van der Waals surface area contributed by atoms with Crippen LogP contribution in [0.4, 0.5) is 0 Å². The molecule has 1 saturated heterocycles. The normalized spacial score (nSPS) is 19.9. The third kappa shape index (κ3) is 3.47. The Hall–Kier alpha value is -1.10. The highest BCUT2D eigenvalue weighted by Gasteiger charge is 2.33. The van der Waals surface area contributed by atoms with Crippen LogP contribution in [0.5, 0.6) is 0 Å². The molecule has 2 rings (SSSR count). The zero-order valence-corrected chi connectivity index (χ0v) is 11.9. The molecule has 0 aromatic heterocycles. The van der Waals surface area contributed by atoms with Crippen LogP contribution in [-0.2, 0) is 9.53 Å². The predicted octanol–water partition coefficient (Wildman–Crippen LogP) is 1.75. The van der Waals surface area contributed by atoms with Crippen LogP contribution in [0.2, 0.25) is 0 Å². The van der Waals surface area contributed by atoms with Crippen LogP contribution in [0, 0.1) is 0 Å². The number of benzene rings is 1. The molecule has 1 aliphatic rings. The van der Waals surface area contributed by atoms with Crippen molar-refractivity contribution >= 4 is 18.3 Å². The number of nitrogens with two attached hydrogens (primary N) is 1. The maximum Gasteiger partial charge on any atom is 0.256 e.